The number of fused-ring (bicyclic) bond motifs is 1. The van der Waals surface area contributed by atoms with Gasteiger partial charge in [-0.25, -0.2) is 4.98 Å². The molecular weight excluding hydrogens is 440 g/mol. The van der Waals surface area contributed by atoms with Crippen LogP contribution in [0, 0.1) is 0 Å². The highest BCUT2D eigenvalue weighted by atomic mass is 16.2. The van der Waals surface area contributed by atoms with E-state index in [1.807, 2.05) is 35.2 Å². The van der Waals surface area contributed by atoms with Crippen LogP contribution in [0.4, 0.5) is 5.82 Å². The number of hydrogen-bond donors (Lipinski definition) is 2. The van der Waals surface area contributed by atoms with E-state index in [2.05, 4.69) is 22.8 Å². The number of nitrogens with one attached hydrogen (secondary N) is 2. The van der Waals surface area contributed by atoms with Gasteiger partial charge < -0.3 is 20.3 Å². The smallest absolute Gasteiger partial charge is 0.222 e. The second-order valence-corrected chi connectivity index (χ2v) is 9.80. The molecule has 0 unspecified atom stereocenters. The molecule has 1 fully saturated rings. The molecule has 2 amide bonds. The number of hydrogen-bond acceptors (Lipinski definition) is 5. The zero-order valence-corrected chi connectivity index (χ0v) is 20.6. The van der Waals surface area contributed by atoms with Crippen LogP contribution in [0.25, 0.3) is 0 Å². The molecule has 1 aromatic carbocycles. The van der Waals surface area contributed by atoms with E-state index in [4.69, 9.17) is 4.98 Å². The molecule has 0 aliphatic carbocycles. The average Bonchev–Trinajstić information content (AvgIpc) is 3.32. The molecule has 1 aromatic heterocycles. The second kappa shape index (κ2) is 12.0. The number of nitrogens with zero attached hydrogens (tertiary/aromatic N) is 2. The van der Waals surface area contributed by atoms with Crippen LogP contribution in [0.3, 0.4) is 0 Å². The van der Waals surface area contributed by atoms with Gasteiger partial charge in [-0.05, 0) is 62.1 Å². The maximum absolute atomic E-state index is 12.7. The van der Waals surface area contributed by atoms with Crippen LogP contribution in [0.5, 0.6) is 0 Å². The van der Waals surface area contributed by atoms with Crippen molar-refractivity contribution < 1.29 is 14.4 Å². The van der Waals surface area contributed by atoms with E-state index in [0.29, 0.717) is 25.9 Å². The van der Waals surface area contributed by atoms with Crippen LogP contribution in [0.2, 0.25) is 0 Å². The lowest BCUT2D eigenvalue weighted by Gasteiger charge is -2.19. The Morgan fingerprint density at radius 2 is 1.97 bits per heavy atom. The number of pyridine rings is 1. The fourth-order valence-corrected chi connectivity index (χ4v) is 5.08. The fourth-order valence-electron chi connectivity index (χ4n) is 5.08. The number of aryl methyl sites for hydroxylation is 2. The third-order valence-electron chi connectivity index (χ3n) is 6.92. The van der Waals surface area contributed by atoms with Crippen molar-refractivity contribution in [2.24, 2.45) is 0 Å². The molecule has 2 atom stereocenters. The highest BCUT2D eigenvalue weighted by Crippen LogP contribution is 2.24. The molecule has 4 rings (SSSR count). The number of rotatable bonds is 10. The Kier molecular flexibility index (Phi) is 8.50. The summed E-state index contributed by atoms with van der Waals surface area (Å²) < 4.78 is 0. The predicted molar refractivity (Wildman–Crippen MR) is 136 cm³/mol. The highest BCUT2D eigenvalue weighted by Gasteiger charge is 2.28. The van der Waals surface area contributed by atoms with Crippen molar-refractivity contribution in [1.29, 1.82) is 0 Å². The van der Waals surface area contributed by atoms with Crippen LogP contribution in [-0.2, 0) is 27.2 Å². The topological polar surface area (TPSA) is 91.4 Å². The minimum Gasteiger partial charge on any atom is -0.370 e. The summed E-state index contributed by atoms with van der Waals surface area (Å²) >= 11 is 0. The van der Waals surface area contributed by atoms with E-state index in [0.717, 1.165) is 55.7 Å². The average molecular weight is 477 g/mol. The Balaban J connectivity index is 1.20. The molecule has 0 bridgehead atoms. The maximum Gasteiger partial charge on any atom is 0.222 e. The zero-order chi connectivity index (χ0) is 24.6. The normalized spacial score (nSPS) is 17.9. The Labute approximate surface area is 207 Å². The molecule has 3 heterocycles. The van der Waals surface area contributed by atoms with Crippen molar-refractivity contribution in [3.05, 3.63) is 59.3 Å². The summed E-state index contributed by atoms with van der Waals surface area (Å²) in [4.78, 5) is 43.8. The van der Waals surface area contributed by atoms with E-state index < -0.39 is 0 Å². The predicted octanol–water partition coefficient (Wildman–Crippen LogP) is 3.63. The molecule has 2 aromatic rings. The van der Waals surface area contributed by atoms with Gasteiger partial charge in [0.25, 0.3) is 0 Å². The number of Topliss-reactive ketones (excluding diaryl/α,β-unsaturated/α-hetero) is 1. The van der Waals surface area contributed by atoms with E-state index in [9.17, 15) is 14.4 Å². The van der Waals surface area contributed by atoms with Crippen LogP contribution < -0.4 is 10.6 Å². The lowest BCUT2D eigenvalue weighted by atomic mass is 9.90. The van der Waals surface area contributed by atoms with Gasteiger partial charge in [-0.15, -0.1) is 0 Å². The second-order valence-electron chi connectivity index (χ2n) is 9.80. The van der Waals surface area contributed by atoms with Crippen LogP contribution >= 0.6 is 0 Å². The van der Waals surface area contributed by atoms with E-state index in [-0.39, 0.29) is 36.0 Å². The first-order valence-electron chi connectivity index (χ1n) is 12.8. The number of amides is 2. The summed E-state index contributed by atoms with van der Waals surface area (Å²) in [7, 11) is 0. The Morgan fingerprint density at radius 1 is 1.14 bits per heavy atom. The van der Waals surface area contributed by atoms with E-state index in [1.165, 1.54) is 5.56 Å². The molecular formula is C28H36N4O3. The highest BCUT2D eigenvalue weighted by molar-refractivity contribution is 5.81. The summed E-state index contributed by atoms with van der Waals surface area (Å²) in [5.41, 5.74) is 3.30. The first-order valence-corrected chi connectivity index (χ1v) is 12.8. The van der Waals surface area contributed by atoms with Crippen molar-refractivity contribution >= 4 is 23.4 Å². The molecule has 7 nitrogen and oxygen atoms in total. The number of anilines is 1. The number of carbonyl (C=O) groups excluding carboxylic acids is 3. The Hall–Kier alpha value is -3.22. The fraction of sp³-hybridized carbons (Fsp3) is 0.500. The summed E-state index contributed by atoms with van der Waals surface area (Å²) in [5, 5.41) is 6.45. The van der Waals surface area contributed by atoms with Gasteiger partial charge in [-0.1, -0.05) is 36.4 Å². The first-order chi connectivity index (χ1) is 17.0. The summed E-state index contributed by atoms with van der Waals surface area (Å²) in [5.74, 6) is 1.02. The molecule has 0 radical (unpaired) electrons. The van der Waals surface area contributed by atoms with Gasteiger partial charge in [0.05, 0.1) is 0 Å². The standard InChI is InChI=1S/C28H36N4O3/c1-20(33)17-23(21-7-3-2-4-8-21)18-26(34)30-25-14-16-32(19-25)27(35)11-5-10-24-13-12-22-9-6-15-29-28(22)31-24/h2-4,7-8,12-13,23,25H,5-6,9-11,14-19H2,1H3,(H,29,31)(H,30,34)/t23-,25-/m0/s1. The van der Waals surface area contributed by atoms with E-state index in [1.54, 1.807) is 6.92 Å². The van der Waals surface area contributed by atoms with E-state index >= 15 is 0 Å². The first kappa shape index (κ1) is 24.9. The lowest BCUT2D eigenvalue weighted by molar-refractivity contribution is -0.130. The summed E-state index contributed by atoms with van der Waals surface area (Å²) in [6.07, 6.45) is 5.64. The van der Waals surface area contributed by atoms with Crippen molar-refractivity contribution in [2.75, 3.05) is 25.0 Å². The third-order valence-corrected chi connectivity index (χ3v) is 6.92. The van der Waals surface area contributed by atoms with Crippen molar-refractivity contribution in [1.82, 2.24) is 15.2 Å². The van der Waals surface area contributed by atoms with Crippen molar-refractivity contribution in [3.8, 4) is 0 Å². The molecule has 2 aliphatic heterocycles. The number of benzene rings is 1. The third kappa shape index (κ3) is 7.13. The molecule has 1 saturated heterocycles. The maximum atomic E-state index is 12.7. The monoisotopic (exact) mass is 476 g/mol. The molecule has 0 saturated carbocycles. The Morgan fingerprint density at radius 3 is 2.77 bits per heavy atom. The minimum absolute atomic E-state index is 0.0337. The largest absolute Gasteiger partial charge is 0.370 e. The van der Waals surface area contributed by atoms with Crippen LogP contribution in [0.1, 0.15) is 68.2 Å². The van der Waals surface area contributed by atoms with Crippen molar-refractivity contribution in [2.45, 2.75) is 70.3 Å². The molecule has 186 valence electrons. The summed E-state index contributed by atoms with van der Waals surface area (Å²) in [6.45, 7) is 3.75. The summed E-state index contributed by atoms with van der Waals surface area (Å²) in [6, 6.07) is 13.9. The van der Waals surface area contributed by atoms with Gasteiger partial charge in [-0.3, -0.25) is 9.59 Å². The van der Waals surface area contributed by atoms with Gasteiger partial charge in [0.15, 0.2) is 0 Å². The molecule has 7 heteroatoms. The van der Waals surface area contributed by atoms with Gasteiger partial charge in [0.2, 0.25) is 11.8 Å². The molecule has 35 heavy (non-hydrogen) atoms. The van der Waals surface area contributed by atoms with Gasteiger partial charge in [-0.2, -0.15) is 0 Å². The molecule has 2 N–H and O–H groups in total. The Bertz CT molecular complexity index is 1040. The quantitative estimate of drug-likeness (QED) is 0.546. The van der Waals surface area contributed by atoms with Crippen LogP contribution in [-0.4, -0.2) is 53.2 Å². The number of likely N-dealkylation sites (tertiary alicyclic amines) is 1. The SMILES string of the molecule is CC(=O)C[C@@H](CC(=O)N[C@H]1CCN(C(=O)CCCc2ccc3c(n2)NCCC3)C1)c1ccccc1. The molecule has 2 aliphatic rings. The van der Waals surface area contributed by atoms with Gasteiger partial charge in [0, 0.05) is 50.6 Å². The van der Waals surface area contributed by atoms with Crippen LogP contribution in [0.15, 0.2) is 42.5 Å². The minimum atomic E-state index is -0.125. The molecule has 0 spiro atoms. The number of carbonyl (C=O) groups is 3. The van der Waals surface area contributed by atoms with Gasteiger partial charge >= 0.3 is 0 Å². The zero-order valence-electron chi connectivity index (χ0n) is 20.6. The number of aromatic nitrogens is 1. The van der Waals surface area contributed by atoms with Crippen molar-refractivity contribution in [3.63, 3.8) is 0 Å². The van der Waals surface area contributed by atoms with Gasteiger partial charge in [0.1, 0.15) is 11.6 Å². The lowest BCUT2D eigenvalue weighted by Crippen LogP contribution is -2.39. The number of ketones is 1.